The molecule has 8 nitrogen and oxygen atoms in total. The van der Waals surface area contributed by atoms with Crippen LogP contribution in [-0.2, 0) is 27.2 Å². The average molecular weight is 604 g/mol. The molecule has 0 saturated carbocycles. The molecule has 220 valence electrons. The van der Waals surface area contributed by atoms with E-state index in [2.05, 4.69) is 4.98 Å². The van der Waals surface area contributed by atoms with Crippen LogP contribution in [0.4, 0.5) is 37.8 Å². The molecule has 0 radical (unpaired) electrons. The Bertz CT molecular complexity index is 1570. The molecule has 0 aliphatic carbocycles. The van der Waals surface area contributed by atoms with Crippen LogP contribution in [0.25, 0.3) is 11.3 Å². The first-order valence-electron chi connectivity index (χ1n) is 12.0. The molecule has 0 unspecified atom stereocenters. The second-order valence-electron chi connectivity index (χ2n) is 9.41. The fourth-order valence-corrected chi connectivity index (χ4v) is 5.70. The van der Waals surface area contributed by atoms with Crippen LogP contribution in [0.3, 0.4) is 0 Å². The maximum absolute atomic E-state index is 13.7. The van der Waals surface area contributed by atoms with Crippen LogP contribution in [0.2, 0.25) is 0 Å². The number of aromatic nitrogens is 1. The Labute approximate surface area is 230 Å². The molecule has 1 N–H and O–H groups in total. The number of ether oxygens (including phenoxy) is 1. The van der Waals surface area contributed by atoms with Crippen molar-refractivity contribution >= 4 is 27.5 Å². The molecule has 0 bridgehead atoms. The van der Waals surface area contributed by atoms with Crippen molar-refractivity contribution in [3.8, 4) is 17.0 Å². The number of carboxylic acids is 1. The van der Waals surface area contributed by atoms with Gasteiger partial charge < -0.3 is 14.7 Å². The summed E-state index contributed by atoms with van der Waals surface area (Å²) in [6, 6.07) is 8.61. The number of aliphatic carboxylic acids is 1. The van der Waals surface area contributed by atoms with Gasteiger partial charge in [-0.2, -0.15) is 26.3 Å². The van der Waals surface area contributed by atoms with E-state index in [0.29, 0.717) is 12.1 Å². The zero-order chi connectivity index (χ0) is 30.3. The molecule has 0 saturated heterocycles. The summed E-state index contributed by atoms with van der Waals surface area (Å²) < 4.78 is 115. The summed E-state index contributed by atoms with van der Waals surface area (Å²) in [6.07, 6.45) is -11.0. The number of anilines is 2. The maximum atomic E-state index is 13.7. The molecule has 3 aromatic rings. The second-order valence-corrected chi connectivity index (χ2v) is 11.3. The van der Waals surface area contributed by atoms with Gasteiger partial charge in [0.1, 0.15) is 17.7 Å². The van der Waals surface area contributed by atoms with Crippen molar-refractivity contribution in [2.75, 3.05) is 29.8 Å². The minimum absolute atomic E-state index is 0.0222. The first-order chi connectivity index (χ1) is 19.0. The molecule has 1 aliphatic rings. The van der Waals surface area contributed by atoms with Gasteiger partial charge in [-0.25, -0.2) is 13.4 Å². The fraction of sp³-hybridized carbons (Fsp3) is 0.308. The highest BCUT2D eigenvalue weighted by atomic mass is 32.2. The Kier molecular flexibility index (Phi) is 7.86. The van der Waals surface area contributed by atoms with Crippen LogP contribution in [0.15, 0.2) is 59.5 Å². The lowest BCUT2D eigenvalue weighted by atomic mass is 10.1. The normalized spacial score (nSPS) is 15.7. The summed E-state index contributed by atoms with van der Waals surface area (Å²) in [5.74, 6) is -1.24. The smallest absolute Gasteiger partial charge is 0.416 e. The molecule has 2 aromatic carbocycles. The van der Waals surface area contributed by atoms with E-state index >= 15 is 0 Å². The number of hydrogen-bond acceptors (Lipinski definition) is 6. The molecule has 4 rings (SSSR count). The van der Waals surface area contributed by atoms with Crippen molar-refractivity contribution in [1.29, 1.82) is 0 Å². The third-order valence-electron chi connectivity index (χ3n) is 6.21. The lowest BCUT2D eigenvalue weighted by Crippen LogP contribution is -2.43. The van der Waals surface area contributed by atoms with E-state index in [9.17, 15) is 39.6 Å². The van der Waals surface area contributed by atoms with Crippen molar-refractivity contribution in [1.82, 2.24) is 4.98 Å². The fourth-order valence-electron chi connectivity index (χ4n) is 4.15. The SMILES string of the molecule is CN(C)c1cc(C(F)(F)F)cc(-c2ccc3c(c2)N(S(=O)(=O)c2cccc(C(F)(F)F)c2)C[C@H](CCC(=O)O)O3)n1. The highest BCUT2D eigenvalue weighted by molar-refractivity contribution is 7.92. The van der Waals surface area contributed by atoms with Crippen molar-refractivity contribution < 1.29 is 49.4 Å². The van der Waals surface area contributed by atoms with Gasteiger partial charge >= 0.3 is 18.3 Å². The molecule has 0 amide bonds. The molecule has 15 heteroatoms. The van der Waals surface area contributed by atoms with Gasteiger partial charge in [-0.1, -0.05) is 6.07 Å². The first-order valence-corrected chi connectivity index (χ1v) is 13.4. The van der Waals surface area contributed by atoms with E-state index in [-0.39, 0.29) is 41.4 Å². The number of pyridine rings is 1. The molecule has 2 heterocycles. The first kappa shape index (κ1) is 30.0. The maximum Gasteiger partial charge on any atom is 0.416 e. The van der Waals surface area contributed by atoms with Crippen molar-refractivity contribution in [2.24, 2.45) is 0 Å². The Morgan fingerprint density at radius 1 is 1.02 bits per heavy atom. The van der Waals surface area contributed by atoms with Crippen molar-refractivity contribution in [3.05, 3.63) is 65.7 Å². The van der Waals surface area contributed by atoms with E-state index in [1.807, 2.05) is 0 Å². The summed E-state index contributed by atoms with van der Waals surface area (Å²) in [5, 5.41) is 9.07. The zero-order valence-electron chi connectivity index (χ0n) is 21.5. The van der Waals surface area contributed by atoms with Crippen LogP contribution >= 0.6 is 0 Å². The van der Waals surface area contributed by atoms with Gasteiger partial charge in [0, 0.05) is 26.1 Å². The second kappa shape index (κ2) is 10.8. The van der Waals surface area contributed by atoms with E-state index in [4.69, 9.17) is 9.84 Å². The average Bonchev–Trinajstić information content (AvgIpc) is 2.90. The predicted octanol–water partition coefficient (Wildman–Crippen LogP) is 5.67. The Morgan fingerprint density at radius 2 is 1.71 bits per heavy atom. The summed E-state index contributed by atoms with van der Waals surface area (Å²) >= 11 is 0. The lowest BCUT2D eigenvalue weighted by molar-refractivity contribution is -0.138. The van der Waals surface area contributed by atoms with Crippen LogP contribution in [0.1, 0.15) is 24.0 Å². The Balaban J connectivity index is 1.86. The Morgan fingerprint density at radius 3 is 2.32 bits per heavy atom. The number of carbonyl (C=O) groups is 1. The quantitative estimate of drug-likeness (QED) is 0.347. The number of carboxylic acid groups (broad SMARTS) is 1. The minimum atomic E-state index is -4.83. The summed E-state index contributed by atoms with van der Waals surface area (Å²) in [5.41, 5.74) is -2.42. The van der Waals surface area contributed by atoms with E-state index in [0.717, 1.165) is 28.6 Å². The third-order valence-corrected chi connectivity index (χ3v) is 7.99. The zero-order valence-corrected chi connectivity index (χ0v) is 22.3. The van der Waals surface area contributed by atoms with Crippen LogP contribution in [0.5, 0.6) is 5.75 Å². The molecule has 41 heavy (non-hydrogen) atoms. The van der Waals surface area contributed by atoms with Gasteiger partial charge in [0.05, 0.1) is 33.9 Å². The molecule has 0 fully saturated rings. The van der Waals surface area contributed by atoms with Gasteiger partial charge in [0.25, 0.3) is 10.0 Å². The number of fused-ring (bicyclic) bond motifs is 1. The summed E-state index contributed by atoms with van der Waals surface area (Å²) in [4.78, 5) is 16.0. The molecular weight excluding hydrogens is 580 g/mol. The van der Waals surface area contributed by atoms with Gasteiger partial charge in [-0.05, 0) is 55.0 Å². The topological polar surface area (TPSA) is 100 Å². The highest BCUT2D eigenvalue weighted by Crippen LogP contribution is 2.42. The molecule has 1 atom stereocenters. The molecular formula is C26H23F6N3O5S. The largest absolute Gasteiger partial charge is 0.486 e. The molecule has 1 aromatic heterocycles. The molecule has 0 spiro atoms. The van der Waals surface area contributed by atoms with Crippen LogP contribution in [-0.4, -0.2) is 51.2 Å². The van der Waals surface area contributed by atoms with Gasteiger partial charge in [0.2, 0.25) is 0 Å². The number of sulfonamides is 1. The van der Waals surface area contributed by atoms with Crippen molar-refractivity contribution in [2.45, 2.75) is 36.2 Å². The summed E-state index contributed by atoms with van der Waals surface area (Å²) in [6.45, 7) is -0.457. The third kappa shape index (κ3) is 6.50. The van der Waals surface area contributed by atoms with Gasteiger partial charge in [0.15, 0.2) is 0 Å². The van der Waals surface area contributed by atoms with E-state index in [1.165, 1.54) is 37.2 Å². The van der Waals surface area contributed by atoms with Crippen molar-refractivity contribution in [3.63, 3.8) is 0 Å². The highest BCUT2D eigenvalue weighted by Gasteiger charge is 2.38. The number of alkyl halides is 6. The number of halogens is 6. The van der Waals surface area contributed by atoms with Crippen LogP contribution < -0.4 is 13.9 Å². The lowest BCUT2D eigenvalue weighted by Gasteiger charge is -2.35. The number of rotatable bonds is 7. The van der Waals surface area contributed by atoms with Gasteiger partial charge in [-0.15, -0.1) is 0 Å². The number of benzene rings is 2. The molecule has 1 aliphatic heterocycles. The van der Waals surface area contributed by atoms with Crippen LogP contribution in [0, 0.1) is 0 Å². The Hall–Kier alpha value is -4.01. The standard InChI is InChI=1S/C26H23F6N3O5S/c1-34(2)23-13-17(26(30,31)32)12-20(33-23)15-6-8-22-21(10-15)35(14-18(40-22)7-9-24(36)37)41(38,39)19-5-3-4-16(11-19)25(27,28)29/h3-6,8,10-13,18H,7,9,14H2,1-2H3,(H,36,37)/t18-/m0/s1. The number of hydrogen-bond donors (Lipinski definition) is 1. The monoisotopic (exact) mass is 603 g/mol. The predicted molar refractivity (Wildman–Crippen MR) is 136 cm³/mol. The minimum Gasteiger partial charge on any atom is -0.486 e. The van der Waals surface area contributed by atoms with E-state index in [1.54, 1.807) is 0 Å². The van der Waals surface area contributed by atoms with E-state index < -0.39 is 57.0 Å². The number of nitrogens with zero attached hydrogens (tertiary/aromatic N) is 3. The van der Waals surface area contributed by atoms with Gasteiger partial charge in [-0.3, -0.25) is 9.10 Å². The summed E-state index contributed by atoms with van der Waals surface area (Å²) in [7, 11) is -1.70.